The Morgan fingerprint density at radius 2 is 1.83 bits per heavy atom. The summed E-state index contributed by atoms with van der Waals surface area (Å²) in [5.74, 6) is 1.68. The normalized spacial score (nSPS) is 14.6. The largest absolute Gasteiger partial charge is 0.508 e. The van der Waals surface area contributed by atoms with E-state index in [1.165, 1.54) is 6.07 Å². The minimum absolute atomic E-state index is 0.101. The molecule has 0 amide bonds. The molecule has 5 nitrogen and oxygen atoms in total. The number of hydrogen-bond acceptors (Lipinski definition) is 5. The SMILES string of the molecule is COc1ccc(C=C2Oc3c(ccc(O)c3C)C2=O)cc1OC. The molecule has 0 aliphatic carbocycles. The molecule has 0 saturated carbocycles. The van der Waals surface area contributed by atoms with Crippen LogP contribution in [0.3, 0.4) is 0 Å². The zero-order valence-corrected chi connectivity index (χ0v) is 13.0. The van der Waals surface area contributed by atoms with E-state index in [0.717, 1.165) is 5.56 Å². The number of phenolic OH excluding ortho intramolecular Hbond substituents is 1. The first kappa shape index (κ1) is 15.0. The molecule has 3 rings (SSSR count). The highest BCUT2D eigenvalue weighted by Crippen LogP contribution is 2.39. The van der Waals surface area contributed by atoms with Gasteiger partial charge >= 0.3 is 0 Å². The van der Waals surface area contributed by atoms with Crippen LogP contribution in [0.25, 0.3) is 6.08 Å². The second-order valence-corrected chi connectivity index (χ2v) is 5.14. The van der Waals surface area contributed by atoms with E-state index in [1.807, 2.05) is 0 Å². The van der Waals surface area contributed by atoms with E-state index in [1.54, 1.807) is 51.5 Å². The van der Waals surface area contributed by atoms with Gasteiger partial charge in [0.2, 0.25) is 5.78 Å². The predicted octanol–water partition coefficient (Wildman–Crippen LogP) is 3.33. The molecule has 23 heavy (non-hydrogen) atoms. The molecule has 0 aromatic heterocycles. The Hall–Kier alpha value is -2.95. The summed E-state index contributed by atoms with van der Waals surface area (Å²) in [7, 11) is 3.11. The molecule has 1 N–H and O–H groups in total. The van der Waals surface area contributed by atoms with Crippen LogP contribution in [0.5, 0.6) is 23.0 Å². The average molecular weight is 312 g/mol. The van der Waals surface area contributed by atoms with E-state index in [4.69, 9.17) is 14.2 Å². The summed E-state index contributed by atoms with van der Waals surface area (Å²) in [6, 6.07) is 8.38. The molecule has 0 saturated heterocycles. The third-order valence-electron chi connectivity index (χ3n) is 3.76. The van der Waals surface area contributed by atoms with Gasteiger partial charge in [0.05, 0.1) is 19.8 Å². The molecule has 5 heteroatoms. The van der Waals surface area contributed by atoms with Crippen LogP contribution in [0, 0.1) is 6.92 Å². The third-order valence-corrected chi connectivity index (χ3v) is 3.76. The van der Waals surface area contributed by atoms with Crippen molar-refractivity contribution in [3.63, 3.8) is 0 Å². The quantitative estimate of drug-likeness (QED) is 0.881. The molecule has 0 spiro atoms. The summed E-state index contributed by atoms with van der Waals surface area (Å²) >= 11 is 0. The van der Waals surface area contributed by atoms with Gasteiger partial charge in [-0.25, -0.2) is 0 Å². The lowest BCUT2D eigenvalue weighted by Gasteiger charge is -2.08. The fraction of sp³-hybridized carbons (Fsp3) is 0.167. The van der Waals surface area contributed by atoms with Crippen LogP contribution < -0.4 is 14.2 Å². The van der Waals surface area contributed by atoms with Crippen molar-refractivity contribution in [2.75, 3.05) is 14.2 Å². The monoisotopic (exact) mass is 312 g/mol. The van der Waals surface area contributed by atoms with Gasteiger partial charge in [0.15, 0.2) is 17.3 Å². The Morgan fingerprint density at radius 1 is 1.09 bits per heavy atom. The summed E-state index contributed by atoms with van der Waals surface area (Å²) in [5.41, 5.74) is 1.75. The number of phenols is 1. The Morgan fingerprint density at radius 3 is 2.52 bits per heavy atom. The van der Waals surface area contributed by atoms with Crippen molar-refractivity contribution in [2.45, 2.75) is 6.92 Å². The number of carbonyl (C=O) groups is 1. The third kappa shape index (κ3) is 2.50. The van der Waals surface area contributed by atoms with E-state index in [2.05, 4.69) is 0 Å². The molecule has 2 aromatic carbocycles. The lowest BCUT2D eigenvalue weighted by atomic mass is 10.1. The molecule has 0 bridgehead atoms. The van der Waals surface area contributed by atoms with Gasteiger partial charge in [0.1, 0.15) is 11.5 Å². The first-order chi connectivity index (χ1) is 11.0. The average Bonchev–Trinajstić information content (AvgIpc) is 2.88. The maximum Gasteiger partial charge on any atom is 0.231 e. The van der Waals surface area contributed by atoms with Crippen molar-refractivity contribution in [2.24, 2.45) is 0 Å². The zero-order chi connectivity index (χ0) is 16.6. The molecule has 118 valence electrons. The van der Waals surface area contributed by atoms with E-state index in [-0.39, 0.29) is 17.3 Å². The van der Waals surface area contributed by atoms with E-state index in [0.29, 0.717) is 28.4 Å². The molecule has 1 aliphatic heterocycles. The van der Waals surface area contributed by atoms with Gasteiger partial charge in [-0.15, -0.1) is 0 Å². The number of allylic oxidation sites excluding steroid dienone is 1. The maximum atomic E-state index is 12.4. The standard InChI is InChI=1S/C18H16O5/c1-10-13(19)6-5-12-17(20)16(23-18(10)12)9-11-4-7-14(21-2)15(8-11)22-3/h4-9,19H,1-3H3. The van der Waals surface area contributed by atoms with Crippen molar-refractivity contribution in [1.29, 1.82) is 0 Å². The van der Waals surface area contributed by atoms with Gasteiger partial charge in [0.25, 0.3) is 0 Å². The zero-order valence-electron chi connectivity index (χ0n) is 13.0. The minimum Gasteiger partial charge on any atom is -0.508 e. The summed E-state index contributed by atoms with van der Waals surface area (Å²) in [6.07, 6.45) is 1.64. The molecule has 1 aliphatic rings. The highest BCUT2D eigenvalue weighted by Gasteiger charge is 2.29. The summed E-state index contributed by atoms with van der Waals surface area (Å²) < 4.78 is 16.1. The molecule has 0 radical (unpaired) electrons. The van der Waals surface area contributed by atoms with Gasteiger partial charge in [0, 0.05) is 5.56 Å². The number of hydrogen-bond donors (Lipinski definition) is 1. The lowest BCUT2D eigenvalue weighted by Crippen LogP contribution is -1.98. The minimum atomic E-state index is -0.210. The van der Waals surface area contributed by atoms with Crippen LogP contribution >= 0.6 is 0 Å². The van der Waals surface area contributed by atoms with Gasteiger partial charge < -0.3 is 19.3 Å². The first-order valence-corrected chi connectivity index (χ1v) is 7.04. The maximum absolute atomic E-state index is 12.4. The van der Waals surface area contributed by atoms with Crippen molar-refractivity contribution < 1.29 is 24.1 Å². The number of aromatic hydroxyl groups is 1. The Labute approximate surface area is 133 Å². The van der Waals surface area contributed by atoms with Crippen molar-refractivity contribution in [3.05, 3.63) is 52.8 Å². The number of Topliss-reactive ketones (excluding diaryl/α,β-unsaturated/α-hetero) is 1. The van der Waals surface area contributed by atoms with Gasteiger partial charge in [-0.1, -0.05) is 6.07 Å². The Bertz CT molecular complexity index is 820. The molecule has 0 unspecified atom stereocenters. The number of fused-ring (bicyclic) bond motifs is 1. The number of ether oxygens (including phenoxy) is 3. The molecule has 0 fully saturated rings. The van der Waals surface area contributed by atoms with Crippen LogP contribution in [0.4, 0.5) is 0 Å². The predicted molar refractivity (Wildman–Crippen MR) is 85.3 cm³/mol. The van der Waals surface area contributed by atoms with Crippen molar-refractivity contribution in [1.82, 2.24) is 0 Å². The second kappa shape index (κ2) is 5.68. The van der Waals surface area contributed by atoms with Crippen LogP contribution in [0.15, 0.2) is 36.1 Å². The van der Waals surface area contributed by atoms with Crippen LogP contribution in [-0.2, 0) is 0 Å². The van der Waals surface area contributed by atoms with Gasteiger partial charge in [-0.2, -0.15) is 0 Å². The molecule has 1 heterocycles. The van der Waals surface area contributed by atoms with Gasteiger partial charge in [-0.05, 0) is 42.8 Å². The summed E-state index contributed by atoms with van der Waals surface area (Å²) in [6.45, 7) is 1.71. The molecule has 0 atom stereocenters. The number of ketones is 1. The number of carbonyl (C=O) groups excluding carboxylic acids is 1. The van der Waals surface area contributed by atoms with E-state index < -0.39 is 0 Å². The van der Waals surface area contributed by atoms with Crippen LogP contribution in [0.1, 0.15) is 21.5 Å². The molecule has 2 aromatic rings. The van der Waals surface area contributed by atoms with E-state index in [9.17, 15) is 9.90 Å². The second-order valence-electron chi connectivity index (χ2n) is 5.14. The van der Waals surface area contributed by atoms with Crippen LogP contribution in [-0.4, -0.2) is 25.1 Å². The fourth-order valence-corrected chi connectivity index (χ4v) is 2.47. The Balaban J connectivity index is 1.99. The number of benzene rings is 2. The number of methoxy groups -OCH3 is 2. The molecular weight excluding hydrogens is 296 g/mol. The Kier molecular flexibility index (Phi) is 3.70. The topological polar surface area (TPSA) is 65.0 Å². The smallest absolute Gasteiger partial charge is 0.231 e. The fourth-order valence-electron chi connectivity index (χ4n) is 2.47. The van der Waals surface area contributed by atoms with Crippen molar-refractivity contribution >= 4 is 11.9 Å². The highest BCUT2D eigenvalue weighted by molar-refractivity contribution is 6.14. The lowest BCUT2D eigenvalue weighted by molar-refractivity contribution is 0.101. The number of rotatable bonds is 3. The highest BCUT2D eigenvalue weighted by atomic mass is 16.5. The molecular formula is C18H16O5. The summed E-state index contributed by atoms with van der Waals surface area (Å²) in [4.78, 5) is 12.4. The van der Waals surface area contributed by atoms with Gasteiger partial charge in [-0.3, -0.25) is 4.79 Å². The summed E-state index contributed by atoms with van der Waals surface area (Å²) in [5, 5.41) is 9.73. The van der Waals surface area contributed by atoms with Crippen molar-refractivity contribution in [3.8, 4) is 23.0 Å². The first-order valence-electron chi connectivity index (χ1n) is 7.04. The van der Waals surface area contributed by atoms with Crippen LogP contribution in [0.2, 0.25) is 0 Å². The van der Waals surface area contributed by atoms with E-state index >= 15 is 0 Å².